The molecule has 1 aromatic rings. The van der Waals surface area contributed by atoms with E-state index in [9.17, 15) is 8.42 Å². The first-order valence-electron chi connectivity index (χ1n) is 4.55. The number of methoxy groups -OCH3 is 1. The highest BCUT2D eigenvalue weighted by Gasteiger charge is 2.21. The van der Waals surface area contributed by atoms with Gasteiger partial charge in [-0.2, -0.15) is 0 Å². The molecule has 1 heterocycles. The van der Waals surface area contributed by atoms with Crippen LogP contribution < -0.4 is 0 Å². The van der Waals surface area contributed by atoms with E-state index < -0.39 is 15.1 Å². The minimum absolute atomic E-state index is 0.196. The van der Waals surface area contributed by atoms with Crippen LogP contribution in [0.3, 0.4) is 0 Å². The Balaban J connectivity index is 3.14. The molecule has 0 N–H and O–H groups in total. The van der Waals surface area contributed by atoms with Crippen molar-refractivity contribution in [1.29, 1.82) is 0 Å². The lowest BCUT2D eigenvalue weighted by atomic mass is 10.4. The van der Waals surface area contributed by atoms with Gasteiger partial charge in [0.15, 0.2) is 9.84 Å². The smallest absolute Gasteiger partial charge is 0.157 e. The minimum atomic E-state index is -3.23. The molecule has 7 heteroatoms. The van der Waals surface area contributed by atoms with E-state index in [-0.39, 0.29) is 17.6 Å². The molecule has 90 valence electrons. The molecule has 1 aromatic heterocycles. The van der Waals surface area contributed by atoms with E-state index in [4.69, 9.17) is 16.3 Å². The van der Waals surface area contributed by atoms with Crippen molar-refractivity contribution in [1.82, 2.24) is 9.97 Å². The second-order valence-electron chi connectivity index (χ2n) is 3.44. The molecule has 1 atom stereocenters. The molecule has 1 rings (SSSR count). The van der Waals surface area contributed by atoms with Crippen LogP contribution in [0.1, 0.15) is 23.7 Å². The lowest BCUT2D eigenvalue weighted by molar-refractivity contribution is 0.181. The number of aromatic nitrogens is 2. The van der Waals surface area contributed by atoms with Crippen molar-refractivity contribution in [2.24, 2.45) is 0 Å². The van der Waals surface area contributed by atoms with Crippen LogP contribution in [0, 0.1) is 0 Å². The first kappa shape index (κ1) is 13.3. The van der Waals surface area contributed by atoms with E-state index in [1.54, 1.807) is 6.07 Å². The van der Waals surface area contributed by atoms with Crippen molar-refractivity contribution in [3.63, 3.8) is 0 Å². The van der Waals surface area contributed by atoms with Crippen molar-refractivity contribution in [2.75, 3.05) is 13.4 Å². The summed E-state index contributed by atoms with van der Waals surface area (Å²) < 4.78 is 27.6. The molecule has 0 aliphatic heterocycles. The van der Waals surface area contributed by atoms with Crippen molar-refractivity contribution < 1.29 is 13.2 Å². The van der Waals surface area contributed by atoms with E-state index >= 15 is 0 Å². The van der Waals surface area contributed by atoms with Gasteiger partial charge in [-0.25, -0.2) is 18.4 Å². The summed E-state index contributed by atoms with van der Waals surface area (Å²) in [5.41, 5.74) is 0.563. The summed E-state index contributed by atoms with van der Waals surface area (Å²) in [6.45, 7) is 1.79. The van der Waals surface area contributed by atoms with Crippen molar-refractivity contribution in [3.05, 3.63) is 22.7 Å². The summed E-state index contributed by atoms with van der Waals surface area (Å²) in [5.74, 6) is 0.196. The number of hydrogen-bond acceptors (Lipinski definition) is 5. The van der Waals surface area contributed by atoms with E-state index in [0.717, 1.165) is 6.26 Å². The van der Waals surface area contributed by atoms with Gasteiger partial charge in [0.1, 0.15) is 16.2 Å². The van der Waals surface area contributed by atoms with Gasteiger partial charge in [-0.15, -0.1) is 0 Å². The van der Waals surface area contributed by atoms with Crippen molar-refractivity contribution in [3.8, 4) is 0 Å². The molecule has 0 spiro atoms. The summed E-state index contributed by atoms with van der Waals surface area (Å²) in [6, 6.07) is 1.55. The number of nitrogens with zero attached hydrogens (tertiary/aromatic N) is 2. The SMILES string of the molecule is COCc1cc(Cl)nc(C(C)S(C)(=O)=O)n1. The Morgan fingerprint density at radius 1 is 1.50 bits per heavy atom. The van der Waals surface area contributed by atoms with E-state index in [0.29, 0.717) is 5.69 Å². The Morgan fingerprint density at radius 3 is 2.62 bits per heavy atom. The highest BCUT2D eigenvalue weighted by atomic mass is 35.5. The third-order valence-corrected chi connectivity index (χ3v) is 3.75. The average Bonchev–Trinajstić information content (AvgIpc) is 2.14. The summed E-state index contributed by atoms with van der Waals surface area (Å²) >= 11 is 5.78. The highest BCUT2D eigenvalue weighted by molar-refractivity contribution is 7.90. The topological polar surface area (TPSA) is 69.2 Å². The van der Waals surface area contributed by atoms with E-state index in [2.05, 4.69) is 9.97 Å². The molecule has 0 radical (unpaired) electrons. The Bertz CT molecular complexity index is 476. The molecule has 0 bridgehead atoms. The molecular weight excluding hydrogens is 252 g/mol. The summed E-state index contributed by atoms with van der Waals surface area (Å²) in [6.07, 6.45) is 1.14. The number of hydrogen-bond donors (Lipinski definition) is 0. The molecule has 0 aromatic carbocycles. The molecule has 0 amide bonds. The zero-order valence-corrected chi connectivity index (χ0v) is 10.8. The first-order valence-corrected chi connectivity index (χ1v) is 6.89. The van der Waals surface area contributed by atoms with E-state index in [1.807, 2.05) is 0 Å². The zero-order chi connectivity index (χ0) is 12.3. The Labute approximate surface area is 99.7 Å². The van der Waals surface area contributed by atoms with Crippen LogP contribution in [0.4, 0.5) is 0 Å². The molecule has 0 aliphatic rings. The van der Waals surface area contributed by atoms with Crippen LogP contribution in [0.5, 0.6) is 0 Å². The molecule has 0 fully saturated rings. The van der Waals surface area contributed by atoms with Crippen molar-refractivity contribution >= 4 is 21.4 Å². The van der Waals surface area contributed by atoms with Crippen LogP contribution in [-0.2, 0) is 21.2 Å². The third-order valence-electron chi connectivity index (χ3n) is 2.06. The molecule has 0 aliphatic carbocycles. The van der Waals surface area contributed by atoms with Gasteiger partial charge >= 0.3 is 0 Å². The standard InChI is InChI=1S/C9H13ClN2O3S/c1-6(16(3,13)14)9-11-7(5-15-2)4-8(10)12-9/h4,6H,5H2,1-3H3. The van der Waals surface area contributed by atoms with Crippen LogP contribution >= 0.6 is 11.6 Å². The second kappa shape index (κ2) is 5.07. The average molecular weight is 265 g/mol. The number of ether oxygens (including phenoxy) is 1. The molecule has 0 saturated carbocycles. The summed E-state index contributed by atoms with van der Waals surface area (Å²) in [4.78, 5) is 7.99. The third kappa shape index (κ3) is 3.40. The molecule has 5 nitrogen and oxygen atoms in total. The first-order chi connectivity index (χ1) is 7.34. The quantitative estimate of drug-likeness (QED) is 0.769. The zero-order valence-electron chi connectivity index (χ0n) is 9.27. The van der Waals surface area contributed by atoms with Gasteiger partial charge in [-0.1, -0.05) is 11.6 Å². The van der Waals surface area contributed by atoms with Crippen LogP contribution in [-0.4, -0.2) is 31.8 Å². The summed E-state index contributed by atoms with van der Waals surface area (Å²) in [5, 5.41) is -0.561. The van der Waals surface area contributed by atoms with Gasteiger partial charge in [0, 0.05) is 13.4 Å². The van der Waals surface area contributed by atoms with Crippen LogP contribution in [0.15, 0.2) is 6.07 Å². The van der Waals surface area contributed by atoms with Gasteiger partial charge < -0.3 is 4.74 Å². The van der Waals surface area contributed by atoms with Gasteiger partial charge in [0.05, 0.1) is 12.3 Å². The molecular formula is C9H13ClN2O3S. The number of sulfone groups is 1. The minimum Gasteiger partial charge on any atom is -0.378 e. The lowest BCUT2D eigenvalue weighted by Gasteiger charge is -2.09. The van der Waals surface area contributed by atoms with E-state index in [1.165, 1.54) is 14.0 Å². The molecule has 0 saturated heterocycles. The monoisotopic (exact) mass is 264 g/mol. The van der Waals surface area contributed by atoms with Gasteiger partial charge in [0.2, 0.25) is 0 Å². The fourth-order valence-electron chi connectivity index (χ4n) is 1.08. The predicted octanol–water partition coefficient (Wildman–Crippen LogP) is 1.38. The molecule has 16 heavy (non-hydrogen) atoms. The number of halogens is 1. The second-order valence-corrected chi connectivity index (χ2v) is 6.20. The fraction of sp³-hybridized carbons (Fsp3) is 0.556. The molecule has 1 unspecified atom stereocenters. The van der Waals surface area contributed by atoms with Gasteiger partial charge in [-0.3, -0.25) is 0 Å². The lowest BCUT2D eigenvalue weighted by Crippen LogP contribution is -2.12. The predicted molar refractivity (Wildman–Crippen MR) is 61.0 cm³/mol. The number of rotatable bonds is 4. The Morgan fingerprint density at radius 2 is 2.12 bits per heavy atom. The van der Waals surface area contributed by atoms with Gasteiger partial charge in [-0.05, 0) is 13.0 Å². The largest absolute Gasteiger partial charge is 0.378 e. The Hall–Kier alpha value is -0.720. The van der Waals surface area contributed by atoms with Crippen LogP contribution in [0.25, 0.3) is 0 Å². The van der Waals surface area contributed by atoms with Crippen molar-refractivity contribution in [2.45, 2.75) is 18.8 Å². The maximum Gasteiger partial charge on any atom is 0.157 e. The maximum atomic E-state index is 11.4. The van der Waals surface area contributed by atoms with Crippen LogP contribution in [0.2, 0.25) is 5.15 Å². The summed E-state index contributed by atoms with van der Waals surface area (Å²) in [7, 11) is -1.71. The van der Waals surface area contributed by atoms with Gasteiger partial charge in [0.25, 0.3) is 0 Å². The normalized spacial score (nSPS) is 13.8. The Kier molecular flexibility index (Phi) is 4.23. The fourth-order valence-corrected chi connectivity index (χ4v) is 1.78. The highest BCUT2D eigenvalue weighted by Crippen LogP contribution is 2.19. The maximum absolute atomic E-state index is 11.4.